The van der Waals surface area contributed by atoms with Gasteiger partial charge in [-0.1, -0.05) is 42.5 Å². The monoisotopic (exact) mass is 280 g/mol. The molecule has 1 aromatic heterocycles. The second kappa shape index (κ2) is 5.88. The molecule has 0 spiro atoms. The zero-order chi connectivity index (χ0) is 13.8. The van der Waals surface area contributed by atoms with Gasteiger partial charge in [0.15, 0.2) is 0 Å². The Labute approximate surface area is 123 Å². The maximum Gasteiger partial charge on any atom is 0.0795 e. The molecule has 0 aliphatic rings. The highest BCUT2D eigenvalue weighted by Gasteiger charge is 2.06. The van der Waals surface area contributed by atoms with E-state index in [1.54, 1.807) is 11.3 Å². The van der Waals surface area contributed by atoms with Crippen LogP contribution >= 0.6 is 11.3 Å². The third kappa shape index (κ3) is 2.89. The van der Waals surface area contributed by atoms with Crippen molar-refractivity contribution < 1.29 is 0 Å². The number of nitrogens with one attached hydrogen (secondary N) is 1. The summed E-state index contributed by atoms with van der Waals surface area (Å²) in [5.41, 5.74) is 5.48. The first-order chi connectivity index (χ1) is 9.83. The van der Waals surface area contributed by atoms with Gasteiger partial charge < -0.3 is 5.32 Å². The van der Waals surface area contributed by atoms with Gasteiger partial charge in [0, 0.05) is 16.8 Å². The SMILES string of the molecule is CC(Nc1ccc(-c2ccccc2)cc1)c1cncs1. The number of nitrogens with zero attached hydrogens (tertiary/aromatic N) is 1. The van der Waals surface area contributed by atoms with E-state index in [1.165, 1.54) is 16.0 Å². The molecule has 20 heavy (non-hydrogen) atoms. The van der Waals surface area contributed by atoms with Gasteiger partial charge in [0.05, 0.1) is 11.6 Å². The van der Waals surface area contributed by atoms with Gasteiger partial charge in [-0.25, -0.2) is 0 Å². The average molecular weight is 280 g/mol. The van der Waals surface area contributed by atoms with Gasteiger partial charge in [-0.3, -0.25) is 4.98 Å². The smallest absolute Gasteiger partial charge is 0.0795 e. The Balaban J connectivity index is 1.74. The first-order valence-electron chi connectivity index (χ1n) is 6.63. The molecule has 0 amide bonds. The van der Waals surface area contributed by atoms with Gasteiger partial charge in [-0.05, 0) is 30.2 Å². The van der Waals surface area contributed by atoms with E-state index in [4.69, 9.17) is 0 Å². The molecule has 0 radical (unpaired) electrons. The molecule has 0 aliphatic carbocycles. The van der Waals surface area contributed by atoms with Crippen LogP contribution in [0.4, 0.5) is 5.69 Å². The van der Waals surface area contributed by atoms with Crippen molar-refractivity contribution in [1.82, 2.24) is 4.98 Å². The van der Waals surface area contributed by atoms with Crippen LogP contribution in [0, 0.1) is 0 Å². The van der Waals surface area contributed by atoms with Crippen LogP contribution in [0.1, 0.15) is 17.8 Å². The minimum Gasteiger partial charge on any atom is -0.378 e. The van der Waals surface area contributed by atoms with Crippen LogP contribution in [0.3, 0.4) is 0 Å². The summed E-state index contributed by atoms with van der Waals surface area (Å²) in [6.07, 6.45) is 1.92. The summed E-state index contributed by atoms with van der Waals surface area (Å²) < 4.78 is 0. The summed E-state index contributed by atoms with van der Waals surface area (Å²) in [6, 6.07) is 19.3. The van der Waals surface area contributed by atoms with E-state index in [0.29, 0.717) is 0 Å². The van der Waals surface area contributed by atoms with Crippen molar-refractivity contribution in [3.05, 3.63) is 71.2 Å². The van der Waals surface area contributed by atoms with Crippen LogP contribution in [0.5, 0.6) is 0 Å². The Morgan fingerprint density at radius 1 is 0.950 bits per heavy atom. The molecule has 2 nitrogen and oxygen atoms in total. The Morgan fingerprint density at radius 2 is 1.65 bits per heavy atom. The predicted molar refractivity (Wildman–Crippen MR) is 86.0 cm³/mol. The van der Waals surface area contributed by atoms with Gasteiger partial charge >= 0.3 is 0 Å². The quantitative estimate of drug-likeness (QED) is 0.728. The highest BCUT2D eigenvalue weighted by molar-refractivity contribution is 7.09. The second-order valence-corrected chi connectivity index (χ2v) is 5.63. The van der Waals surface area contributed by atoms with Crippen molar-refractivity contribution in [2.45, 2.75) is 13.0 Å². The lowest BCUT2D eigenvalue weighted by Crippen LogP contribution is -2.04. The first-order valence-corrected chi connectivity index (χ1v) is 7.51. The molecule has 3 rings (SSSR count). The number of hydrogen-bond donors (Lipinski definition) is 1. The van der Waals surface area contributed by atoms with Crippen LogP contribution in [-0.2, 0) is 0 Å². The van der Waals surface area contributed by atoms with Crippen LogP contribution in [-0.4, -0.2) is 4.98 Å². The van der Waals surface area contributed by atoms with Crippen LogP contribution < -0.4 is 5.32 Å². The summed E-state index contributed by atoms with van der Waals surface area (Å²) in [7, 11) is 0. The summed E-state index contributed by atoms with van der Waals surface area (Å²) >= 11 is 1.68. The van der Waals surface area contributed by atoms with Crippen molar-refractivity contribution in [3.63, 3.8) is 0 Å². The van der Waals surface area contributed by atoms with E-state index in [9.17, 15) is 0 Å². The van der Waals surface area contributed by atoms with Crippen LogP contribution in [0.25, 0.3) is 11.1 Å². The van der Waals surface area contributed by atoms with Gasteiger partial charge in [0.1, 0.15) is 0 Å². The third-order valence-corrected chi connectivity index (χ3v) is 4.21. The number of thiazole rings is 1. The van der Waals surface area contributed by atoms with Crippen LogP contribution in [0.2, 0.25) is 0 Å². The maximum absolute atomic E-state index is 4.12. The van der Waals surface area contributed by atoms with Crippen molar-refractivity contribution in [3.8, 4) is 11.1 Å². The largest absolute Gasteiger partial charge is 0.378 e. The maximum atomic E-state index is 4.12. The molecular weight excluding hydrogens is 264 g/mol. The fourth-order valence-electron chi connectivity index (χ4n) is 2.15. The Morgan fingerprint density at radius 3 is 2.30 bits per heavy atom. The lowest BCUT2D eigenvalue weighted by molar-refractivity contribution is 0.904. The molecule has 100 valence electrons. The molecule has 0 saturated heterocycles. The van der Waals surface area contributed by atoms with Crippen LogP contribution in [0.15, 0.2) is 66.3 Å². The number of hydrogen-bond acceptors (Lipinski definition) is 3. The Kier molecular flexibility index (Phi) is 3.79. The normalized spacial score (nSPS) is 12.1. The molecule has 3 heteroatoms. The molecule has 0 bridgehead atoms. The molecule has 3 aromatic rings. The molecule has 0 saturated carbocycles. The average Bonchev–Trinajstić information content (AvgIpc) is 3.03. The van der Waals surface area contributed by atoms with Crippen molar-refractivity contribution in [2.24, 2.45) is 0 Å². The fourth-order valence-corrected chi connectivity index (χ4v) is 2.78. The summed E-state index contributed by atoms with van der Waals surface area (Å²) in [4.78, 5) is 5.36. The minimum absolute atomic E-state index is 0.282. The van der Waals surface area contributed by atoms with Crippen molar-refractivity contribution >= 4 is 17.0 Å². The zero-order valence-corrected chi connectivity index (χ0v) is 12.1. The number of benzene rings is 2. The lowest BCUT2D eigenvalue weighted by atomic mass is 10.1. The Hall–Kier alpha value is -2.13. The zero-order valence-electron chi connectivity index (χ0n) is 11.3. The van der Waals surface area contributed by atoms with E-state index in [-0.39, 0.29) is 6.04 Å². The molecule has 1 N–H and O–H groups in total. The molecule has 1 unspecified atom stereocenters. The minimum atomic E-state index is 0.282. The Bertz CT molecular complexity index is 645. The summed E-state index contributed by atoms with van der Waals surface area (Å²) in [5.74, 6) is 0. The highest BCUT2D eigenvalue weighted by atomic mass is 32.1. The van der Waals surface area contributed by atoms with E-state index in [0.717, 1.165) is 5.69 Å². The number of aromatic nitrogens is 1. The van der Waals surface area contributed by atoms with E-state index in [1.807, 2.05) is 17.8 Å². The van der Waals surface area contributed by atoms with Gasteiger partial charge in [-0.15, -0.1) is 11.3 Å². The van der Waals surface area contributed by atoms with Gasteiger partial charge in [0.25, 0.3) is 0 Å². The molecule has 1 heterocycles. The second-order valence-electron chi connectivity index (χ2n) is 4.71. The first kappa shape index (κ1) is 12.9. The molecule has 1 atom stereocenters. The van der Waals surface area contributed by atoms with Crippen molar-refractivity contribution in [2.75, 3.05) is 5.32 Å². The fraction of sp³-hybridized carbons (Fsp3) is 0.118. The standard InChI is InChI=1S/C17H16N2S/c1-13(17-11-18-12-20-17)19-16-9-7-15(8-10-16)14-5-3-2-4-6-14/h2-13,19H,1H3. The van der Waals surface area contributed by atoms with Crippen molar-refractivity contribution in [1.29, 1.82) is 0 Å². The lowest BCUT2D eigenvalue weighted by Gasteiger charge is -2.13. The molecule has 2 aromatic carbocycles. The van der Waals surface area contributed by atoms with E-state index >= 15 is 0 Å². The van der Waals surface area contributed by atoms with E-state index < -0.39 is 0 Å². The highest BCUT2D eigenvalue weighted by Crippen LogP contribution is 2.25. The summed E-state index contributed by atoms with van der Waals surface area (Å²) in [5, 5.41) is 3.49. The molecular formula is C17H16N2S. The molecule has 0 fully saturated rings. The number of rotatable bonds is 4. The van der Waals surface area contributed by atoms with Gasteiger partial charge in [-0.2, -0.15) is 0 Å². The number of anilines is 1. The van der Waals surface area contributed by atoms with E-state index in [2.05, 4.69) is 65.8 Å². The molecule has 0 aliphatic heterocycles. The third-order valence-electron chi connectivity index (χ3n) is 3.25. The van der Waals surface area contributed by atoms with Gasteiger partial charge in [0.2, 0.25) is 0 Å². The predicted octanol–water partition coefficient (Wildman–Crippen LogP) is 4.98. The summed E-state index contributed by atoms with van der Waals surface area (Å²) in [6.45, 7) is 2.15. The topological polar surface area (TPSA) is 24.9 Å².